The number of fused-ring (bicyclic) bond motifs is 1. The van der Waals surface area contributed by atoms with Crippen LogP contribution in [0.15, 0.2) is 0 Å². The number of rotatable bonds is 2. The van der Waals surface area contributed by atoms with Gasteiger partial charge in [-0.1, -0.05) is 11.6 Å². The van der Waals surface area contributed by atoms with Gasteiger partial charge in [0.15, 0.2) is 0 Å². The lowest BCUT2D eigenvalue weighted by Gasteiger charge is -2.18. The number of carbonyl (C=O) groups is 3. The van der Waals surface area contributed by atoms with Crippen LogP contribution in [0.4, 0.5) is 5.69 Å². The Kier molecular flexibility index (Phi) is 2.94. The van der Waals surface area contributed by atoms with E-state index in [1.54, 1.807) is 6.92 Å². The standard InChI is InChI=1S/C11H10ClN3O4/c1-3-7(13)5-6(8(12)14-3)10(17)15(9(5)16)4(2)11(18)19/h4H,13H2,1-2H3,(H,18,19). The molecule has 0 spiro atoms. The van der Waals surface area contributed by atoms with Gasteiger partial charge in [0, 0.05) is 0 Å². The van der Waals surface area contributed by atoms with Crippen molar-refractivity contribution in [2.45, 2.75) is 19.9 Å². The Labute approximate surface area is 113 Å². The summed E-state index contributed by atoms with van der Waals surface area (Å²) in [7, 11) is 0. The summed E-state index contributed by atoms with van der Waals surface area (Å²) in [4.78, 5) is 39.7. The Morgan fingerprint density at radius 2 is 1.89 bits per heavy atom. The van der Waals surface area contributed by atoms with Crippen molar-refractivity contribution in [2.24, 2.45) is 0 Å². The monoisotopic (exact) mass is 283 g/mol. The number of hydrogen-bond acceptors (Lipinski definition) is 5. The van der Waals surface area contributed by atoms with Crippen LogP contribution in [0, 0.1) is 6.92 Å². The molecule has 100 valence electrons. The number of anilines is 1. The van der Waals surface area contributed by atoms with Gasteiger partial charge in [0.25, 0.3) is 11.8 Å². The normalized spacial score (nSPS) is 15.6. The SMILES string of the molecule is Cc1nc(Cl)c2c(c1N)C(=O)N(C(C)C(=O)O)C2=O. The van der Waals surface area contributed by atoms with E-state index in [-0.39, 0.29) is 22.0 Å². The lowest BCUT2D eigenvalue weighted by molar-refractivity contribution is -0.140. The minimum Gasteiger partial charge on any atom is -0.480 e. The fourth-order valence-corrected chi connectivity index (χ4v) is 2.20. The minimum atomic E-state index is -1.30. The molecular weight excluding hydrogens is 274 g/mol. The van der Waals surface area contributed by atoms with Gasteiger partial charge in [0.2, 0.25) is 0 Å². The number of pyridine rings is 1. The van der Waals surface area contributed by atoms with Crippen molar-refractivity contribution in [1.82, 2.24) is 9.88 Å². The fourth-order valence-electron chi connectivity index (χ4n) is 1.89. The first-order chi connectivity index (χ1) is 8.77. The van der Waals surface area contributed by atoms with Crippen molar-refractivity contribution in [1.29, 1.82) is 0 Å². The molecule has 1 aromatic rings. The lowest BCUT2D eigenvalue weighted by Crippen LogP contribution is -2.42. The number of aryl methyl sites for hydroxylation is 1. The average molecular weight is 284 g/mol. The Morgan fingerprint density at radius 1 is 1.37 bits per heavy atom. The van der Waals surface area contributed by atoms with Crippen LogP contribution in [-0.2, 0) is 4.79 Å². The summed E-state index contributed by atoms with van der Waals surface area (Å²) in [5.74, 6) is -2.85. The number of imide groups is 1. The highest BCUT2D eigenvalue weighted by atomic mass is 35.5. The maximum atomic E-state index is 12.2. The Hall–Kier alpha value is -2.15. The summed E-state index contributed by atoms with van der Waals surface area (Å²) < 4.78 is 0. The van der Waals surface area contributed by atoms with Gasteiger partial charge in [-0.15, -0.1) is 0 Å². The molecule has 0 saturated heterocycles. The quantitative estimate of drug-likeness (QED) is 0.610. The van der Waals surface area contributed by atoms with Crippen molar-refractivity contribution >= 4 is 35.1 Å². The largest absolute Gasteiger partial charge is 0.480 e. The van der Waals surface area contributed by atoms with E-state index in [0.29, 0.717) is 10.6 Å². The maximum Gasteiger partial charge on any atom is 0.326 e. The summed E-state index contributed by atoms with van der Waals surface area (Å²) in [6.45, 7) is 2.77. The van der Waals surface area contributed by atoms with Crippen molar-refractivity contribution in [3.05, 3.63) is 22.0 Å². The molecule has 0 radical (unpaired) electrons. The molecule has 8 heteroatoms. The Bertz CT molecular complexity index is 629. The van der Waals surface area contributed by atoms with Crippen molar-refractivity contribution in [3.63, 3.8) is 0 Å². The second kappa shape index (κ2) is 4.20. The Morgan fingerprint density at radius 3 is 2.42 bits per heavy atom. The molecule has 0 saturated carbocycles. The van der Waals surface area contributed by atoms with Crippen LogP contribution in [0.1, 0.15) is 33.3 Å². The number of nitrogens with two attached hydrogens (primary N) is 1. The van der Waals surface area contributed by atoms with E-state index < -0.39 is 23.8 Å². The van der Waals surface area contributed by atoms with E-state index in [1.165, 1.54) is 6.92 Å². The van der Waals surface area contributed by atoms with Gasteiger partial charge < -0.3 is 10.8 Å². The molecule has 1 aromatic heterocycles. The molecule has 2 rings (SSSR count). The predicted molar refractivity (Wildman–Crippen MR) is 66.0 cm³/mol. The topological polar surface area (TPSA) is 114 Å². The minimum absolute atomic E-state index is 0.0397. The zero-order valence-electron chi connectivity index (χ0n) is 10.1. The van der Waals surface area contributed by atoms with Gasteiger partial charge in [-0.3, -0.25) is 14.5 Å². The summed E-state index contributed by atoms with van der Waals surface area (Å²) >= 11 is 5.84. The van der Waals surface area contributed by atoms with E-state index >= 15 is 0 Å². The van der Waals surface area contributed by atoms with Crippen LogP contribution < -0.4 is 5.73 Å². The van der Waals surface area contributed by atoms with E-state index in [9.17, 15) is 14.4 Å². The van der Waals surface area contributed by atoms with E-state index in [2.05, 4.69) is 4.98 Å². The highest BCUT2D eigenvalue weighted by molar-refractivity contribution is 6.37. The van der Waals surface area contributed by atoms with E-state index in [1.807, 2.05) is 0 Å². The van der Waals surface area contributed by atoms with Crippen molar-refractivity contribution in [2.75, 3.05) is 5.73 Å². The molecule has 3 N–H and O–H groups in total. The van der Waals surface area contributed by atoms with Crippen molar-refractivity contribution < 1.29 is 19.5 Å². The fraction of sp³-hybridized carbons (Fsp3) is 0.273. The van der Waals surface area contributed by atoms with Crippen LogP contribution in [0.2, 0.25) is 5.15 Å². The number of nitrogen functional groups attached to an aromatic ring is 1. The van der Waals surface area contributed by atoms with Gasteiger partial charge in [-0.05, 0) is 13.8 Å². The van der Waals surface area contributed by atoms with Crippen LogP contribution in [-0.4, -0.2) is 38.8 Å². The third-order valence-corrected chi connectivity index (χ3v) is 3.26. The van der Waals surface area contributed by atoms with Crippen LogP contribution in [0.3, 0.4) is 0 Å². The molecule has 0 aromatic carbocycles. The third kappa shape index (κ3) is 1.74. The molecule has 0 aliphatic carbocycles. The van der Waals surface area contributed by atoms with E-state index in [4.69, 9.17) is 22.4 Å². The summed E-state index contributed by atoms with van der Waals surface area (Å²) in [6, 6.07) is -1.30. The molecule has 1 atom stereocenters. The third-order valence-electron chi connectivity index (χ3n) is 2.99. The first kappa shape index (κ1) is 13.3. The zero-order valence-corrected chi connectivity index (χ0v) is 10.9. The van der Waals surface area contributed by atoms with Crippen LogP contribution >= 0.6 is 11.6 Å². The highest BCUT2D eigenvalue weighted by Gasteiger charge is 2.44. The molecule has 1 aliphatic heterocycles. The smallest absolute Gasteiger partial charge is 0.326 e. The number of halogens is 1. The maximum absolute atomic E-state index is 12.2. The number of aromatic nitrogens is 1. The number of amides is 2. The van der Waals surface area contributed by atoms with Crippen LogP contribution in [0.5, 0.6) is 0 Å². The summed E-state index contributed by atoms with van der Waals surface area (Å²) in [6.07, 6.45) is 0. The molecule has 7 nitrogen and oxygen atoms in total. The number of carboxylic acid groups (broad SMARTS) is 1. The average Bonchev–Trinajstić information content (AvgIpc) is 2.58. The molecule has 0 bridgehead atoms. The van der Waals surface area contributed by atoms with Gasteiger partial charge in [0.05, 0.1) is 22.5 Å². The summed E-state index contributed by atoms with van der Waals surface area (Å²) in [5, 5.41) is 8.77. The summed E-state index contributed by atoms with van der Waals surface area (Å²) in [5.41, 5.74) is 5.87. The van der Waals surface area contributed by atoms with E-state index in [0.717, 1.165) is 0 Å². The number of carboxylic acids is 1. The number of hydrogen-bond donors (Lipinski definition) is 2. The second-order valence-corrected chi connectivity index (χ2v) is 4.50. The molecule has 1 unspecified atom stereocenters. The van der Waals surface area contributed by atoms with Gasteiger partial charge in [-0.2, -0.15) is 0 Å². The molecule has 2 heterocycles. The predicted octanol–water partition coefficient (Wildman–Crippen LogP) is 0.695. The molecular formula is C11H10ClN3O4. The van der Waals surface area contributed by atoms with Crippen molar-refractivity contribution in [3.8, 4) is 0 Å². The highest BCUT2D eigenvalue weighted by Crippen LogP contribution is 2.34. The molecule has 1 aliphatic rings. The first-order valence-corrected chi connectivity index (χ1v) is 5.71. The lowest BCUT2D eigenvalue weighted by atomic mass is 10.1. The first-order valence-electron chi connectivity index (χ1n) is 5.33. The zero-order chi connectivity index (χ0) is 14.5. The van der Waals surface area contributed by atoms with Gasteiger partial charge in [-0.25, -0.2) is 9.78 Å². The second-order valence-electron chi connectivity index (χ2n) is 4.15. The molecule has 19 heavy (non-hydrogen) atoms. The van der Waals surface area contributed by atoms with Crippen LogP contribution in [0.25, 0.3) is 0 Å². The van der Waals surface area contributed by atoms with Gasteiger partial charge >= 0.3 is 5.97 Å². The number of carbonyl (C=O) groups excluding carboxylic acids is 2. The molecule has 2 amide bonds. The Balaban J connectivity index is 2.66. The number of aliphatic carboxylic acids is 1. The number of nitrogens with zero attached hydrogens (tertiary/aromatic N) is 2. The molecule has 0 fully saturated rings. The van der Waals surface area contributed by atoms with Gasteiger partial charge in [0.1, 0.15) is 11.2 Å².